The van der Waals surface area contributed by atoms with Crippen LogP contribution in [0.5, 0.6) is 0 Å². The van der Waals surface area contributed by atoms with Gasteiger partial charge >= 0.3 is 0 Å². The van der Waals surface area contributed by atoms with Crippen LogP contribution in [0.4, 0.5) is 0 Å². The second-order valence-electron chi connectivity index (χ2n) is 6.28. The summed E-state index contributed by atoms with van der Waals surface area (Å²) >= 11 is 0. The second-order valence-corrected chi connectivity index (χ2v) is 6.28. The lowest BCUT2D eigenvalue weighted by Gasteiger charge is -2.50. The molecule has 1 N–H and O–H groups in total. The number of hydrogen-bond acceptors (Lipinski definition) is 4. The molecule has 0 radical (unpaired) electrons. The lowest BCUT2D eigenvalue weighted by atomic mass is 9.77. The van der Waals surface area contributed by atoms with Crippen molar-refractivity contribution in [3.8, 4) is 0 Å². The Balaban J connectivity index is 1.52. The van der Waals surface area contributed by atoms with Crippen molar-refractivity contribution < 1.29 is 4.74 Å². The number of hydrogen-bond donors (Lipinski definition) is 1. The summed E-state index contributed by atoms with van der Waals surface area (Å²) in [5.41, 5.74) is 1.65. The number of ether oxygens (including phenoxy) is 1. The summed E-state index contributed by atoms with van der Waals surface area (Å²) in [4.78, 5) is 22.1. The van der Waals surface area contributed by atoms with Crippen LogP contribution < -0.4 is 5.56 Å². The maximum atomic E-state index is 12.1. The number of fused-ring (bicyclic) bond motifs is 2. The lowest BCUT2D eigenvalue weighted by Crippen LogP contribution is -2.56. The van der Waals surface area contributed by atoms with Gasteiger partial charge in [-0.1, -0.05) is 12.8 Å². The Labute approximate surface area is 118 Å². The molecule has 0 unspecified atom stereocenters. The molecule has 1 aromatic heterocycles. The monoisotopic (exact) mass is 275 g/mol. The highest BCUT2D eigenvalue weighted by atomic mass is 16.5. The number of nitrogens with one attached hydrogen (secondary N) is 1. The van der Waals surface area contributed by atoms with E-state index in [-0.39, 0.29) is 5.56 Å². The molecule has 2 aliphatic heterocycles. The van der Waals surface area contributed by atoms with Crippen LogP contribution in [0.2, 0.25) is 0 Å². The Morgan fingerprint density at radius 3 is 3.15 bits per heavy atom. The zero-order valence-electron chi connectivity index (χ0n) is 11.7. The van der Waals surface area contributed by atoms with Gasteiger partial charge in [-0.05, 0) is 18.8 Å². The van der Waals surface area contributed by atoms with Crippen molar-refractivity contribution in [2.24, 2.45) is 5.92 Å². The molecule has 4 rings (SSSR count). The van der Waals surface area contributed by atoms with Gasteiger partial charge in [0.1, 0.15) is 5.82 Å². The Morgan fingerprint density at radius 1 is 1.35 bits per heavy atom. The van der Waals surface area contributed by atoms with Crippen LogP contribution in [0.3, 0.4) is 0 Å². The van der Waals surface area contributed by atoms with Gasteiger partial charge in [-0.25, -0.2) is 4.98 Å². The molecular weight excluding hydrogens is 254 g/mol. The van der Waals surface area contributed by atoms with Gasteiger partial charge < -0.3 is 9.72 Å². The largest absolute Gasteiger partial charge is 0.376 e. The maximum Gasteiger partial charge on any atom is 0.256 e. The van der Waals surface area contributed by atoms with Crippen LogP contribution in [0.15, 0.2) is 4.79 Å². The Kier molecular flexibility index (Phi) is 3.11. The molecule has 5 nitrogen and oxygen atoms in total. The molecule has 108 valence electrons. The number of aromatic nitrogens is 2. The zero-order chi connectivity index (χ0) is 13.5. The zero-order valence-corrected chi connectivity index (χ0v) is 11.7. The van der Waals surface area contributed by atoms with Crippen molar-refractivity contribution in [1.82, 2.24) is 14.9 Å². The molecule has 0 aromatic carbocycles. The highest BCUT2D eigenvalue weighted by Crippen LogP contribution is 2.37. The summed E-state index contributed by atoms with van der Waals surface area (Å²) < 4.78 is 5.33. The minimum absolute atomic E-state index is 0.00887. The summed E-state index contributed by atoms with van der Waals surface area (Å²) in [6.45, 7) is 3.06. The van der Waals surface area contributed by atoms with Crippen molar-refractivity contribution in [2.75, 3.05) is 13.2 Å². The minimum atomic E-state index is -0.00887. The third kappa shape index (κ3) is 2.09. The topological polar surface area (TPSA) is 58.2 Å². The van der Waals surface area contributed by atoms with E-state index in [4.69, 9.17) is 4.74 Å². The third-order valence-corrected chi connectivity index (χ3v) is 5.04. The average molecular weight is 275 g/mol. The second kappa shape index (κ2) is 4.97. The third-order valence-electron chi connectivity index (χ3n) is 5.04. The van der Waals surface area contributed by atoms with Gasteiger partial charge in [0.2, 0.25) is 0 Å². The quantitative estimate of drug-likeness (QED) is 0.881. The van der Waals surface area contributed by atoms with Crippen molar-refractivity contribution in [1.29, 1.82) is 0 Å². The molecule has 1 saturated carbocycles. The van der Waals surface area contributed by atoms with Crippen LogP contribution in [0, 0.1) is 5.92 Å². The Bertz CT molecular complexity index is 569. The number of H-pyrrole nitrogens is 1. The summed E-state index contributed by atoms with van der Waals surface area (Å²) in [6.07, 6.45) is 6.20. The van der Waals surface area contributed by atoms with Crippen molar-refractivity contribution >= 4 is 0 Å². The van der Waals surface area contributed by atoms with Crippen molar-refractivity contribution in [3.05, 3.63) is 27.4 Å². The van der Waals surface area contributed by atoms with E-state index in [1.807, 2.05) is 0 Å². The van der Waals surface area contributed by atoms with Crippen molar-refractivity contribution in [2.45, 2.75) is 51.3 Å². The molecule has 20 heavy (non-hydrogen) atoms. The summed E-state index contributed by atoms with van der Waals surface area (Å²) in [5.74, 6) is 1.72. The van der Waals surface area contributed by atoms with Crippen LogP contribution in [-0.2, 0) is 24.3 Å². The summed E-state index contributed by atoms with van der Waals surface area (Å²) in [5, 5.41) is 0. The number of nitrogens with zero attached hydrogens (tertiary/aromatic N) is 2. The van der Waals surface area contributed by atoms with E-state index >= 15 is 0 Å². The molecule has 0 amide bonds. The molecule has 3 heterocycles. The van der Waals surface area contributed by atoms with E-state index in [9.17, 15) is 4.79 Å². The van der Waals surface area contributed by atoms with Gasteiger partial charge in [-0.2, -0.15) is 0 Å². The standard InChI is InChI=1S/C15H21N3O2/c19-15-11-9-20-6-5-12(11)16-14(17-15)8-18-7-10-3-1-2-4-13(10)18/h10,13H,1-9H2,(H,16,17,19)/t10-,13-/m0/s1. The Hall–Kier alpha value is -1.20. The molecule has 3 aliphatic rings. The molecule has 2 fully saturated rings. The van der Waals surface area contributed by atoms with Crippen LogP contribution in [0.25, 0.3) is 0 Å². The molecular formula is C15H21N3O2. The molecule has 2 atom stereocenters. The molecule has 5 heteroatoms. The first-order valence-corrected chi connectivity index (χ1v) is 7.74. The van der Waals surface area contributed by atoms with E-state index in [2.05, 4.69) is 14.9 Å². The van der Waals surface area contributed by atoms with Gasteiger partial charge in [0.05, 0.1) is 31.0 Å². The highest BCUT2D eigenvalue weighted by molar-refractivity contribution is 5.19. The predicted molar refractivity (Wildman–Crippen MR) is 74.4 cm³/mol. The van der Waals surface area contributed by atoms with E-state index in [1.54, 1.807) is 0 Å². The van der Waals surface area contributed by atoms with Crippen LogP contribution in [-0.4, -0.2) is 34.1 Å². The lowest BCUT2D eigenvalue weighted by molar-refractivity contribution is -0.0227. The molecule has 1 aromatic rings. The van der Waals surface area contributed by atoms with E-state index < -0.39 is 0 Å². The van der Waals surface area contributed by atoms with Crippen LogP contribution in [0.1, 0.15) is 42.8 Å². The highest BCUT2D eigenvalue weighted by Gasteiger charge is 2.40. The summed E-state index contributed by atoms with van der Waals surface area (Å²) in [6, 6.07) is 0.730. The molecule has 0 bridgehead atoms. The fourth-order valence-electron chi connectivity index (χ4n) is 3.92. The van der Waals surface area contributed by atoms with Crippen LogP contribution >= 0.6 is 0 Å². The smallest absolute Gasteiger partial charge is 0.256 e. The average Bonchev–Trinajstić information content (AvgIpc) is 2.45. The van der Waals surface area contributed by atoms with E-state index in [0.29, 0.717) is 13.2 Å². The van der Waals surface area contributed by atoms with Gasteiger partial charge in [0, 0.05) is 19.0 Å². The van der Waals surface area contributed by atoms with Gasteiger partial charge in [-0.3, -0.25) is 9.69 Å². The van der Waals surface area contributed by atoms with Gasteiger partial charge in [-0.15, -0.1) is 0 Å². The predicted octanol–water partition coefficient (Wildman–Crippen LogP) is 1.22. The van der Waals surface area contributed by atoms with E-state index in [1.165, 1.54) is 32.2 Å². The first-order chi connectivity index (χ1) is 9.81. The Morgan fingerprint density at radius 2 is 2.25 bits per heavy atom. The molecule has 0 spiro atoms. The molecule has 1 aliphatic carbocycles. The number of aromatic amines is 1. The fourth-order valence-corrected chi connectivity index (χ4v) is 3.92. The molecule has 1 saturated heterocycles. The number of rotatable bonds is 2. The summed E-state index contributed by atoms with van der Waals surface area (Å²) in [7, 11) is 0. The van der Waals surface area contributed by atoms with Crippen molar-refractivity contribution in [3.63, 3.8) is 0 Å². The van der Waals surface area contributed by atoms with Gasteiger partial charge in [0.25, 0.3) is 5.56 Å². The SMILES string of the molecule is O=c1[nH]c(CN2C[C@@H]3CCCC[C@@H]32)nc2c1COCC2. The first kappa shape index (κ1) is 12.5. The fraction of sp³-hybridized carbons (Fsp3) is 0.733. The van der Waals surface area contributed by atoms with Gasteiger partial charge in [0.15, 0.2) is 0 Å². The number of likely N-dealkylation sites (tertiary alicyclic amines) is 1. The van der Waals surface area contributed by atoms with E-state index in [0.717, 1.165) is 42.0 Å². The first-order valence-electron chi connectivity index (χ1n) is 7.74. The minimum Gasteiger partial charge on any atom is -0.376 e. The maximum absolute atomic E-state index is 12.1. The normalized spacial score (nSPS) is 29.4.